The monoisotopic (exact) mass is 476 g/mol. The Hall–Kier alpha value is -4.20. The standard InChI is InChI=1S/C20H19F3N8O3/c1-25-9-11(8-14-17(32)30-19(33)31(14)24)16-27-15(28-18(29-16)26-12-5-6-12)10-3-2-4-13(7-10)34-20(21,22)23/h2-4,7-9,12H,5-6,24H2,1H3,(H,30,32,33)(H2,26,27,28,29)/b14-8-,16-11-,25-9-. The number of hydrazine groups is 1. The maximum Gasteiger partial charge on any atom is 0.573 e. The Bertz CT molecular complexity index is 1180. The first kappa shape index (κ1) is 23.0. The molecule has 0 unspecified atom stereocenters. The summed E-state index contributed by atoms with van der Waals surface area (Å²) in [7, 11) is 1.49. The summed E-state index contributed by atoms with van der Waals surface area (Å²) < 4.78 is 42.0. The number of amides is 3. The van der Waals surface area contributed by atoms with Gasteiger partial charge in [-0.3, -0.25) is 15.1 Å². The smallest absolute Gasteiger partial charge is 0.406 e. The molecule has 1 saturated heterocycles. The molecule has 1 aromatic rings. The molecule has 4 rings (SSSR count). The van der Waals surface area contributed by atoms with E-state index in [4.69, 9.17) is 5.84 Å². The number of hydrogen-bond acceptors (Lipinski definition) is 9. The third-order valence-electron chi connectivity index (χ3n) is 4.68. The SMILES string of the molecule is C\N=C/C(/C=C1/C(=O)NC(=O)N1N)=C1/N=C(c2cccc(OC(F)(F)F)c2)N=C(NC2CC2)N1. The molecule has 1 aromatic carbocycles. The topological polar surface area (TPSA) is 146 Å². The Balaban J connectivity index is 1.78. The van der Waals surface area contributed by atoms with Crippen LogP contribution in [0.2, 0.25) is 0 Å². The van der Waals surface area contributed by atoms with E-state index in [1.165, 1.54) is 31.5 Å². The van der Waals surface area contributed by atoms with E-state index in [2.05, 4.69) is 35.7 Å². The summed E-state index contributed by atoms with van der Waals surface area (Å²) in [5.74, 6) is 5.07. The zero-order chi connectivity index (χ0) is 24.5. The van der Waals surface area contributed by atoms with Crippen molar-refractivity contribution in [1.82, 2.24) is 21.0 Å². The van der Waals surface area contributed by atoms with Crippen molar-refractivity contribution in [2.24, 2.45) is 20.8 Å². The van der Waals surface area contributed by atoms with Crippen molar-refractivity contribution in [2.75, 3.05) is 7.05 Å². The number of benzene rings is 1. The van der Waals surface area contributed by atoms with Gasteiger partial charge in [-0.15, -0.1) is 13.2 Å². The molecule has 1 aliphatic carbocycles. The highest BCUT2D eigenvalue weighted by atomic mass is 19.4. The zero-order valence-corrected chi connectivity index (χ0v) is 17.7. The number of aliphatic imine (C=N–C) groups is 3. The third kappa shape index (κ3) is 5.40. The predicted octanol–water partition coefficient (Wildman–Crippen LogP) is 1.26. The molecule has 0 radical (unpaired) electrons. The van der Waals surface area contributed by atoms with Crippen LogP contribution in [0.1, 0.15) is 18.4 Å². The van der Waals surface area contributed by atoms with E-state index in [1.807, 2.05) is 0 Å². The molecule has 2 aliphatic heterocycles. The summed E-state index contributed by atoms with van der Waals surface area (Å²) in [6, 6.07) is 4.61. The number of nitrogens with two attached hydrogens (primary N) is 1. The fourth-order valence-electron chi connectivity index (χ4n) is 3.02. The van der Waals surface area contributed by atoms with E-state index in [0.717, 1.165) is 25.0 Å². The number of alkyl halides is 3. The van der Waals surface area contributed by atoms with E-state index in [0.29, 0.717) is 11.0 Å². The van der Waals surface area contributed by atoms with Crippen molar-refractivity contribution < 1.29 is 27.5 Å². The molecule has 0 bridgehead atoms. The number of nitrogens with zero attached hydrogens (tertiary/aromatic N) is 4. The predicted molar refractivity (Wildman–Crippen MR) is 115 cm³/mol. The maximum absolute atomic E-state index is 12.7. The van der Waals surface area contributed by atoms with Gasteiger partial charge in [-0.1, -0.05) is 12.1 Å². The van der Waals surface area contributed by atoms with Crippen molar-refractivity contribution in [3.63, 3.8) is 0 Å². The number of imide groups is 1. The Kier molecular flexibility index (Phi) is 6.06. The van der Waals surface area contributed by atoms with Crippen molar-refractivity contribution >= 4 is 29.9 Å². The first-order valence-corrected chi connectivity index (χ1v) is 9.98. The summed E-state index contributed by atoms with van der Waals surface area (Å²) >= 11 is 0. The number of nitrogens with one attached hydrogen (secondary N) is 3. The first-order valence-electron chi connectivity index (χ1n) is 9.98. The fraction of sp³-hybridized carbons (Fsp3) is 0.250. The van der Waals surface area contributed by atoms with Gasteiger partial charge in [0, 0.05) is 30.4 Å². The Morgan fingerprint density at radius 3 is 2.68 bits per heavy atom. The minimum atomic E-state index is -4.86. The zero-order valence-electron chi connectivity index (χ0n) is 17.7. The van der Waals surface area contributed by atoms with Crippen LogP contribution in [0.5, 0.6) is 5.75 Å². The molecule has 34 heavy (non-hydrogen) atoms. The number of ether oxygens (including phenoxy) is 1. The Morgan fingerprint density at radius 1 is 1.29 bits per heavy atom. The average molecular weight is 476 g/mol. The van der Waals surface area contributed by atoms with Gasteiger partial charge in [0.15, 0.2) is 5.84 Å². The van der Waals surface area contributed by atoms with Crippen LogP contribution in [-0.2, 0) is 4.79 Å². The van der Waals surface area contributed by atoms with Crippen LogP contribution in [0.4, 0.5) is 18.0 Å². The summed E-state index contributed by atoms with van der Waals surface area (Å²) in [5, 5.41) is 8.86. The first-order chi connectivity index (χ1) is 16.1. The molecule has 1 saturated carbocycles. The molecule has 178 valence electrons. The Morgan fingerprint density at radius 2 is 2.06 bits per heavy atom. The number of guanidine groups is 1. The van der Waals surface area contributed by atoms with Crippen molar-refractivity contribution in [3.8, 4) is 5.75 Å². The van der Waals surface area contributed by atoms with E-state index < -0.39 is 24.1 Å². The van der Waals surface area contributed by atoms with E-state index >= 15 is 0 Å². The minimum absolute atomic E-state index is 0.0847. The van der Waals surface area contributed by atoms with E-state index in [1.54, 1.807) is 0 Å². The molecule has 2 heterocycles. The van der Waals surface area contributed by atoms with Crippen LogP contribution in [0, 0.1) is 0 Å². The lowest BCUT2D eigenvalue weighted by Crippen LogP contribution is -2.41. The highest BCUT2D eigenvalue weighted by Crippen LogP contribution is 2.25. The van der Waals surface area contributed by atoms with Gasteiger partial charge in [0.2, 0.25) is 5.96 Å². The molecule has 2 fully saturated rings. The summed E-state index contributed by atoms with van der Waals surface area (Å²) in [5.41, 5.74) is 0.374. The molecule has 5 N–H and O–H groups in total. The van der Waals surface area contributed by atoms with Gasteiger partial charge < -0.3 is 15.4 Å². The Labute approximate surface area is 190 Å². The van der Waals surface area contributed by atoms with Gasteiger partial charge in [-0.2, -0.15) is 4.99 Å². The number of halogens is 3. The van der Waals surface area contributed by atoms with Crippen LogP contribution >= 0.6 is 0 Å². The second-order valence-electron chi connectivity index (χ2n) is 7.37. The number of allylic oxidation sites excluding steroid dienone is 2. The normalized spacial score (nSPS) is 21.3. The number of rotatable bonds is 5. The molecular weight excluding hydrogens is 457 g/mol. The number of hydrogen-bond donors (Lipinski definition) is 4. The fourth-order valence-corrected chi connectivity index (χ4v) is 3.02. The van der Waals surface area contributed by atoms with E-state index in [-0.39, 0.29) is 34.5 Å². The highest BCUT2D eigenvalue weighted by molar-refractivity contribution is 6.12. The van der Waals surface area contributed by atoms with E-state index in [9.17, 15) is 22.8 Å². The highest BCUT2D eigenvalue weighted by Gasteiger charge is 2.33. The number of carbonyl (C=O) groups excluding carboxylic acids is 2. The third-order valence-corrected chi connectivity index (χ3v) is 4.68. The molecule has 3 amide bonds. The molecular formula is C20H19F3N8O3. The summed E-state index contributed by atoms with van der Waals surface area (Å²) in [4.78, 5) is 36.5. The van der Waals surface area contributed by atoms with Crippen molar-refractivity contribution in [2.45, 2.75) is 25.2 Å². The van der Waals surface area contributed by atoms with Crippen LogP contribution in [-0.4, -0.2) is 54.4 Å². The number of amidine groups is 1. The second kappa shape index (κ2) is 8.97. The molecule has 3 aliphatic rings. The largest absolute Gasteiger partial charge is 0.573 e. The molecule has 0 aromatic heterocycles. The molecule has 14 heteroatoms. The lowest BCUT2D eigenvalue weighted by atomic mass is 10.1. The van der Waals surface area contributed by atoms with Crippen LogP contribution in [0.25, 0.3) is 0 Å². The second-order valence-corrected chi connectivity index (χ2v) is 7.37. The van der Waals surface area contributed by atoms with Crippen LogP contribution in [0.15, 0.2) is 62.4 Å². The van der Waals surface area contributed by atoms with Crippen molar-refractivity contribution in [1.29, 1.82) is 0 Å². The summed E-state index contributed by atoms with van der Waals surface area (Å²) in [6.45, 7) is 0. The van der Waals surface area contributed by atoms with Gasteiger partial charge >= 0.3 is 12.4 Å². The lowest BCUT2D eigenvalue weighted by Gasteiger charge is -2.19. The van der Waals surface area contributed by atoms with Gasteiger partial charge in [-0.25, -0.2) is 20.6 Å². The number of urea groups is 1. The van der Waals surface area contributed by atoms with Crippen LogP contribution in [0.3, 0.4) is 0 Å². The van der Waals surface area contributed by atoms with Gasteiger partial charge in [0.05, 0.1) is 0 Å². The molecule has 0 atom stereocenters. The van der Waals surface area contributed by atoms with Gasteiger partial charge in [-0.05, 0) is 31.1 Å². The molecule has 0 spiro atoms. The van der Waals surface area contributed by atoms with Crippen LogP contribution < -0.4 is 26.5 Å². The number of carbonyl (C=O) groups is 2. The summed E-state index contributed by atoms with van der Waals surface area (Å²) in [6.07, 6.45) is -0.312. The van der Waals surface area contributed by atoms with Gasteiger partial charge in [0.25, 0.3) is 5.91 Å². The van der Waals surface area contributed by atoms with Crippen molar-refractivity contribution in [3.05, 3.63) is 53.0 Å². The van der Waals surface area contributed by atoms with Gasteiger partial charge in [0.1, 0.15) is 17.3 Å². The average Bonchev–Trinajstić information content (AvgIpc) is 3.54. The lowest BCUT2D eigenvalue weighted by molar-refractivity contribution is -0.274. The maximum atomic E-state index is 12.7. The quantitative estimate of drug-likeness (QED) is 0.166. The minimum Gasteiger partial charge on any atom is -0.406 e. The molecule has 11 nitrogen and oxygen atoms in total.